The first-order valence-electron chi connectivity index (χ1n) is 31.3. The standard InChI is InChI=1S/C66H25N22S22/c1-2-91-47(67-1)26-3-92-48(69-26)27-4-93-49(70-27)28-5-94-50(71-28)29-6-95-51(72-29)30-7-96-52(73-30)31-8-97-53(74-31)32-9-98-54(75-32)33-10-99-55(76-33)34-11-100-56(77-34)35-12-101-57(78-35)36-13-102-58(79-36)37-14-103-59(80-37)38-15-104-60(81-38)39-16-105-61(82-39)40-17-106-62(83-40)41-18-107-63(84-41)42-19-108-64(85-42)43-20-109-65(86-43)44-21-110-66(87-44)45-22-90-25-88(45)46-23-89-24-68-46/h2-24H,25H2. The van der Waals surface area contributed by atoms with E-state index in [9.17, 15) is 0 Å². The molecule has 0 amide bonds. The second-order valence-electron chi connectivity index (χ2n) is 22.6. The summed E-state index contributed by atoms with van der Waals surface area (Å²) < 4.78 is 0. The van der Waals surface area contributed by atoms with Gasteiger partial charge < -0.3 is 4.90 Å². The van der Waals surface area contributed by atoms with Crippen LogP contribution < -0.4 is 4.90 Å². The maximum atomic E-state index is 5.00. The third-order valence-electron chi connectivity index (χ3n) is 15.7. The predicted octanol–water partition coefficient (Wildman–Crippen LogP) is 24.3. The van der Waals surface area contributed by atoms with Gasteiger partial charge >= 0.3 is 0 Å². The second-order valence-corrected chi connectivity index (χ2v) is 41.3. The zero-order chi connectivity index (χ0) is 72.3. The van der Waals surface area contributed by atoms with Crippen LogP contribution in [0.5, 0.6) is 0 Å². The van der Waals surface area contributed by atoms with Crippen LogP contribution in [-0.2, 0) is 0 Å². The Balaban J connectivity index is 0.410. The highest BCUT2D eigenvalue weighted by Crippen LogP contribution is 2.46. The van der Waals surface area contributed by atoms with Gasteiger partial charge in [0, 0.05) is 113 Å². The first kappa shape index (κ1) is 68.9. The van der Waals surface area contributed by atoms with Gasteiger partial charge in [-0.15, -0.1) is 250 Å². The highest BCUT2D eigenvalue weighted by molar-refractivity contribution is 8.02. The fourth-order valence-corrected chi connectivity index (χ4v) is 28.7. The monoisotopic (exact) mass is 1830 g/mol. The van der Waals surface area contributed by atoms with E-state index in [2.05, 4.69) is 37.2 Å². The summed E-state index contributed by atoms with van der Waals surface area (Å²) >= 11 is 34.3. The Morgan fingerprint density at radius 3 is 0.591 bits per heavy atom. The average molecular weight is 1830 g/mol. The Bertz CT molecular complexity index is 6920. The van der Waals surface area contributed by atoms with Gasteiger partial charge in [0.2, 0.25) is 0 Å². The van der Waals surface area contributed by atoms with E-state index >= 15 is 0 Å². The van der Waals surface area contributed by atoms with Gasteiger partial charge in [-0.05, 0) is 5.41 Å². The van der Waals surface area contributed by atoms with Crippen molar-refractivity contribution < 1.29 is 0 Å². The molecule has 0 aromatic carbocycles. The van der Waals surface area contributed by atoms with Gasteiger partial charge in [0.25, 0.3) is 0 Å². The van der Waals surface area contributed by atoms with E-state index < -0.39 is 0 Å². The molecule has 1 radical (unpaired) electrons. The highest BCUT2D eigenvalue weighted by atomic mass is 32.2. The number of thiazole rings is 21. The van der Waals surface area contributed by atoms with Gasteiger partial charge in [0.1, 0.15) is 220 Å². The maximum Gasteiger partial charge on any atom is 0.144 e. The smallest absolute Gasteiger partial charge is 0.144 e. The van der Waals surface area contributed by atoms with Gasteiger partial charge in [-0.2, -0.15) is 0 Å². The van der Waals surface area contributed by atoms with Crippen LogP contribution in [-0.4, -0.2) is 111 Å². The van der Waals surface area contributed by atoms with Crippen LogP contribution in [0.25, 0.3) is 209 Å². The third-order valence-corrected chi connectivity index (χ3v) is 34.3. The van der Waals surface area contributed by atoms with Crippen molar-refractivity contribution in [3.8, 4) is 203 Å². The van der Waals surface area contributed by atoms with Crippen molar-refractivity contribution >= 4 is 261 Å². The van der Waals surface area contributed by atoms with E-state index in [1.807, 2.05) is 108 Å². The molecule has 0 aliphatic carbocycles. The zero-order valence-corrected chi connectivity index (χ0v) is 71.8. The molecule has 0 spiro atoms. The molecule has 531 valence electrons. The zero-order valence-electron chi connectivity index (χ0n) is 53.8. The maximum absolute atomic E-state index is 5.00. The Labute approximate surface area is 706 Å². The molecule has 22 nitrogen and oxygen atoms in total. The third kappa shape index (κ3) is 13.4. The average Bonchev–Trinajstić information content (AvgIpc) is 1.65. The summed E-state index contributed by atoms with van der Waals surface area (Å²) in [5, 5.41) is 61.2. The molecule has 22 heterocycles. The molecule has 0 saturated carbocycles. The van der Waals surface area contributed by atoms with Crippen LogP contribution in [0.4, 0.5) is 5.82 Å². The molecule has 0 N–H and O–H groups in total. The van der Waals surface area contributed by atoms with Gasteiger partial charge in [-0.1, -0.05) is 0 Å². The minimum absolute atomic E-state index is 0.790. The normalized spacial score (nSPS) is 12.5. The fraction of sp³-hybridized carbons (Fsp3) is 0.0152. The molecule has 1 aliphatic heterocycles. The van der Waals surface area contributed by atoms with Crippen LogP contribution in [0.3, 0.4) is 0 Å². The van der Waals surface area contributed by atoms with E-state index in [1.54, 1.807) is 193 Å². The number of nitrogens with zero attached hydrogens (tertiary/aromatic N) is 22. The lowest BCUT2D eigenvalue weighted by Gasteiger charge is -2.16. The van der Waals surface area contributed by atoms with E-state index in [0.717, 1.165) is 226 Å². The molecule has 44 heteroatoms. The van der Waals surface area contributed by atoms with Crippen LogP contribution in [0.1, 0.15) is 5.01 Å². The molecular formula is C66H25N22S22. The number of hydrogen-bond acceptors (Lipinski definition) is 44. The molecular weight excluding hydrogens is 1810 g/mol. The van der Waals surface area contributed by atoms with Gasteiger partial charge in [-0.25, -0.2) is 105 Å². The summed E-state index contributed by atoms with van der Waals surface area (Å²) in [6, 6.07) is 0. The molecule has 0 atom stereocenters. The van der Waals surface area contributed by atoms with Crippen molar-refractivity contribution in [1.29, 1.82) is 0 Å². The second kappa shape index (κ2) is 29.3. The lowest BCUT2D eigenvalue weighted by Crippen LogP contribution is -2.16. The number of hydrogen-bond donors (Lipinski definition) is 0. The first-order chi connectivity index (χ1) is 54.3. The number of rotatable bonds is 21. The van der Waals surface area contributed by atoms with Gasteiger partial charge in [0.05, 0.1) is 17.1 Å². The van der Waals surface area contributed by atoms with Gasteiger partial charge in [0.15, 0.2) is 0 Å². The largest absolute Gasteiger partial charge is 0.312 e. The quantitative estimate of drug-likeness (QED) is 0.0646. The van der Waals surface area contributed by atoms with Crippen LogP contribution >= 0.6 is 250 Å². The van der Waals surface area contributed by atoms with E-state index in [0.29, 0.717) is 0 Å². The molecule has 1 aliphatic rings. The van der Waals surface area contributed by atoms with Crippen molar-refractivity contribution in [2.24, 2.45) is 0 Å². The van der Waals surface area contributed by atoms with Crippen molar-refractivity contribution in [2.45, 2.75) is 0 Å². The minimum Gasteiger partial charge on any atom is -0.312 e. The Morgan fingerprint density at radius 2 is 0.409 bits per heavy atom. The molecule has 0 bridgehead atoms. The summed E-state index contributed by atoms with van der Waals surface area (Å²) in [6.45, 7) is 0. The molecule has 22 rings (SSSR count). The van der Waals surface area contributed by atoms with E-state index in [1.165, 1.54) is 56.7 Å². The van der Waals surface area contributed by atoms with Gasteiger partial charge in [-0.3, -0.25) is 0 Å². The number of aromatic nitrogens is 21. The number of thioether (sulfide) groups is 1. The van der Waals surface area contributed by atoms with Crippen molar-refractivity contribution in [1.82, 2.24) is 105 Å². The SMILES string of the molecule is [c]1csc(-c2csc(-c3csc(-c4csc(-c5csc(-c6csc(-c7csc(-c8csc(-c9csc(-c%10csc(-c%11csc(-c%12csc(-c%13csc(-c%14csc(-c%15csc(-c%16csc(-c%17csc(-c%18csc(-c%19csc(-c%20csc(C%21=CSCN%21c%21cscn%21)n%20)n%19)n%18)n%17)n%16)n%15)n%14)n%13)n%12)n%11)n%10)n9)n8)n7)n6)n5)n4)n3)n2)n1. The molecule has 21 aromatic heterocycles. The topological polar surface area (TPSA) is 274 Å². The van der Waals surface area contributed by atoms with E-state index in [4.69, 9.17) is 94.7 Å². The summed E-state index contributed by atoms with van der Waals surface area (Å²) in [5.41, 5.74) is 18.2. The van der Waals surface area contributed by atoms with Crippen LogP contribution in [0.15, 0.2) is 124 Å². The van der Waals surface area contributed by atoms with Crippen molar-refractivity contribution in [3.05, 3.63) is 135 Å². The molecule has 21 aromatic rings. The Kier molecular flexibility index (Phi) is 18.3. The summed E-state index contributed by atoms with van der Waals surface area (Å²) in [4.78, 5) is 105. The Hall–Kier alpha value is -7.88. The summed E-state index contributed by atoms with van der Waals surface area (Å²) in [7, 11) is 0. The molecule has 0 saturated heterocycles. The molecule has 110 heavy (non-hydrogen) atoms. The van der Waals surface area contributed by atoms with Crippen LogP contribution in [0, 0.1) is 6.20 Å². The van der Waals surface area contributed by atoms with E-state index in [-0.39, 0.29) is 0 Å². The summed E-state index contributed by atoms with van der Waals surface area (Å²) in [5.74, 6) is 1.77. The lowest BCUT2D eigenvalue weighted by atomic mass is 10.4. The fourth-order valence-electron chi connectivity index (χ4n) is 10.6. The van der Waals surface area contributed by atoms with Crippen molar-refractivity contribution in [3.63, 3.8) is 0 Å². The first-order valence-corrected chi connectivity index (χ1v) is 50.9. The predicted molar refractivity (Wildman–Crippen MR) is 467 cm³/mol. The number of anilines is 1. The van der Waals surface area contributed by atoms with Crippen molar-refractivity contribution in [2.75, 3.05) is 10.8 Å². The minimum atomic E-state index is 0.790. The Morgan fingerprint density at radius 1 is 0.218 bits per heavy atom. The lowest BCUT2D eigenvalue weighted by molar-refractivity contribution is 1.14. The van der Waals surface area contributed by atoms with Crippen LogP contribution in [0.2, 0.25) is 0 Å². The molecule has 0 fully saturated rings. The highest BCUT2D eigenvalue weighted by Gasteiger charge is 2.27. The molecule has 0 unspecified atom stereocenters. The summed E-state index contributed by atoms with van der Waals surface area (Å²) in [6.07, 6.45) is 2.86.